The predicted molar refractivity (Wildman–Crippen MR) is 72.6 cm³/mol. The minimum absolute atomic E-state index is 0.0406. The maximum Gasteiger partial charge on any atom is 0.338 e. The average Bonchev–Trinajstić information content (AvgIpc) is 2.42. The molecule has 0 aromatic heterocycles. The van der Waals surface area contributed by atoms with Gasteiger partial charge in [0.2, 0.25) is 0 Å². The van der Waals surface area contributed by atoms with Crippen LogP contribution in [0.15, 0.2) is 24.3 Å². The molecule has 0 N–H and O–H groups in total. The van der Waals surface area contributed by atoms with Gasteiger partial charge in [0.25, 0.3) is 0 Å². The van der Waals surface area contributed by atoms with E-state index in [1.165, 1.54) is 0 Å². The lowest BCUT2D eigenvalue weighted by Crippen LogP contribution is -2.24. The van der Waals surface area contributed by atoms with E-state index in [0.717, 1.165) is 37.2 Å². The highest BCUT2D eigenvalue weighted by Crippen LogP contribution is 2.26. The molecular formula is C16H19NO2. The van der Waals surface area contributed by atoms with Crippen molar-refractivity contribution >= 4 is 5.97 Å². The Morgan fingerprint density at radius 2 is 2.00 bits per heavy atom. The summed E-state index contributed by atoms with van der Waals surface area (Å²) in [5.74, 6) is 0.450. The number of benzene rings is 1. The van der Waals surface area contributed by atoms with E-state index >= 15 is 0 Å². The number of ether oxygens (including phenoxy) is 1. The second-order valence-electron chi connectivity index (χ2n) is 5.28. The van der Waals surface area contributed by atoms with Crippen molar-refractivity contribution in [1.29, 1.82) is 5.26 Å². The van der Waals surface area contributed by atoms with Gasteiger partial charge in [-0.2, -0.15) is 5.26 Å². The number of hydrogen-bond acceptors (Lipinski definition) is 3. The summed E-state index contributed by atoms with van der Waals surface area (Å²) in [6.07, 6.45) is 4.43. The largest absolute Gasteiger partial charge is 0.459 e. The SMILES string of the molecule is CC1CCC(OC(=O)c2ccccc2CC#N)CC1. The van der Waals surface area contributed by atoms with Crippen LogP contribution in [0.2, 0.25) is 0 Å². The summed E-state index contributed by atoms with van der Waals surface area (Å²) in [5, 5.41) is 8.77. The van der Waals surface area contributed by atoms with Crippen LogP contribution in [0.4, 0.5) is 0 Å². The molecule has 1 aromatic carbocycles. The Labute approximate surface area is 114 Å². The third kappa shape index (κ3) is 3.57. The molecule has 19 heavy (non-hydrogen) atoms. The summed E-state index contributed by atoms with van der Waals surface area (Å²) < 4.78 is 5.56. The van der Waals surface area contributed by atoms with E-state index in [1.54, 1.807) is 12.1 Å². The summed E-state index contributed by atoms with van der Waals surface area (Å²) in [5.41, 5.74) is 1.28. The molecule has 0 atom stereocenters. The van der Waals surface area contributed by atoms with E-state index in [0.29, 0.717) is 5.56 Å². The highest BCUT2D eigenvalue weighted by molar-refractivity contribution is 5.91. The van der Waals surface area contributed by atoms with Crippen LogP contribution in [0.5, 0.6) is 0 Å². The fourth-order valence-electron chi connectivity index (χ4n) is 2.52. The van der Waals surface area contributed by atoms with Gasteiger partial charge in [0.15, 0.2) is 0 Å². The Morgan fingerprint density at radius 3 is 2.68 bits per heavy atom. The van der Waals surface area contributed by atoms with Gasteiger partial charge >= 0.3 is 5.97 Å². The molecule has 0 aliphatic heterocycles. The number of nitrogens with zero attached hydrogens (tertiary/aromatic N) is 1. The van der Waals surface area contributed by atoms with Crippen molar-refractivity contribution in [2.75, 3.05) is 0 Å². The van der Waals surface area contributed by atoms with Crippen LogP contribution in [-0.4, -0.2) is 12.1 Å². The van der Waals surface area contributed by atoms with E-state index < -0.39 is 0 Å². The lowest BCUT2D eigenvalue weighted by atomic mass is 9.89. The molecule has 0 amide bonds. The van der Waals surface area contributed by atoms with E-state index in [2.05, 4.69) is 13.0 Å². The van der Waals surface area contributed by atoms with Crippen LogP contribution in [0.25, 0.3) is 0 Å². The second-order valence-corrected chi connectivity index (χ2v) is 5.28. The molecule has 0 spiro atoms. The van der Waals surface area contributed by atoms with Gasteiger partial charge in [-0.15, -0.1) is 0 Å². The Bertz CT molecular complexity index is 482. The number of rotatable bonds is 3. The summed E-state index contributed by atoms with van der Waals surface area (Å²) in [6.45, 7) is 2.24. The molecule has 0 bridgehead atoms. The Morgan fingerprint density at radius 1 is 1.32 bits per heavy atom. The Kier molecular flexibility index (Phi) is 4.57. The average molecular weight is 257 g/mol. The van der Waals surface area contributed by atoms with Crippen LogP contribution < -0.4 is 0 Å². The molecule has 100 valence electrons. The summed E-state index contributed by atoms with van der Waals surface area (Å²) >= 11 is 0. The number of carbonyl (C=O) groups is 1. The topological polar surface area (TPSA) is 50.1 Å². The maximum atomic E-state index is 12.2. The number of esters is 1. The van der Waals surface area contributed by atoms with E-state index in [9.17, 15) is 4.79 Å². The van der Waals surface area contributed by atoms with Gasteiger partial charge in [0.05, 0.1) is 18.1 Å². The number of hydrogen-bond donors (Lipinski definition) is 0. The van der Waals surface area contributed by atoms with E-state index in [4.69, 9.17) is 10.00 Å². The summed E-state index contributed by atoms with van der Waals surface area (Å²) in [6, 6.07) is 9.27. The standard InChI is InChI=1S/C16H19NO2/c1-12-6-8-14(9-7-12)19-16(18)15-5-3-2-4-13(15)10-11-17/h2-5,12,14H,6-10H2,1H3. The first-order valence-electron chi connectivity index (χ1n) is 6.86. The minimum atomic E-state index is -0.287. The molecule has 1 aromatic rings. The van der Waals surface area contributed by atoms with Crippen molar-refractivity contribution in [3.05, 3.63) is 35.4 Å². The molecule has 3 nitrogen and oxygen atoms in total. The van der Waals surface area contributed by atoms with Crippen LogP contribution in [0, 0.1) is 17.2 Å². The molecule has 3 heteroatoms. The van der Waals surface area contributed by atoms with Crippen molar-refractivity contribution in [2.24, 2.45) is 5.92 Å². The van der Waals surface area contributed by atoms with Crippen molar-refractivity contribution in [3.63, 3.8) is 0 Å². The number of carbonyl (C=O) groups excluding carboxylic acids is 1. The maximum absolute atomic E-state index is 12.2. The third-order valence-corrected chi connectivity index (χ3v) is 3.74. The van der Waals surface area contributed by atoms with Crippen LogP contribution in [0.3, 0.4) is 0 Å². The van der Waals surface area contributed by atoms with Crippen molar-refractivity contribution < 1.29 is 9.53 Å². The molecule has 0 saturated heterocycles. The second kappa shape index (κ2) is 6.38. The third-order valence-electron chi connectivity index (χ3n) is 3.74. The van der Waals surface area contributed by atoms with Gasteiger partial charge in [0, 0.05) is 0 Å². The highest BCUT2D eigenvalue weighted by Gasteiger charge is 2.22. The molecule has 2 rings (SSSR count). The Hall–Kier alpha value is -1.82. The molecule has 1 aliphatic carbocycles. The van der Waals surface area contributed by atoms with Gasteiger partial charge in [0.1, 0.15) is 6.10 Å². The highest BCUT2D eigenvalue weighted by atomic mass is 16.5. The monoisotopic (exact) mass is 257 g/mol. The van der Waals surface area contributed by atoms with Crippen LogP contribution in [0.1, 0.15) is 48.5 Å². The van der Waals surface area contributed by atoms with Crippen molar-refractivity contribution in [2.45, 2.75) is 45.1 Å². The fraction of sp³-hybridized carbons (Fsp3) is 0.500. The molecule has 0 heterocycles. The number of nitriles is 1. The normalized spacial score (nSPS) is 22.5. The zero-order chi connectivity index (χ0) is 13.7. The first-order valence-corrected chi connectivity index (χ1v) is 6.86. The fourth-order valence-corrected chi connectivity index (χ4v) is 2.52. The smallest absolute Gasteiger partial charge is 0.338 e. The lowest BCUT2D eigenvalue weighted by Gasteiger charge is -2.26. The molecule has 1 aliphatic rings. The predicted octanol–water partition coefficient (Wildman–Crippen LogP) is 3.49. The van der Waals surface area contributed by atoms with Gasteiger partial charge < -0.3 is 4.74 Å². The van der Waals surface area contributed by atoms with Gasteiger partial charge in [-0.05, 0) is 43.2 Å². The lowest BCUT2D eigenvalue weighted by molar-refractivity contribution is 0.0173. The quantitative estimate of drug-likeness (QED) is 0.779. The summed E-state index contributed by atoms with van der Waals surface area (Å²) in [4.78, 5) is 12.2. The summed E-state index contributed by atoms with van der Waals surface area (Å²) in [7, 11) is 0. The zero-order valence-electron chi connectivity index (χ0n) is 11.3. The Balaban J connectivity index is 2.02. The van der Waals surface area contributed by atoms with Gasteiger partial charge in [-0.1, -0.05) is 25.1 Å². The van der Waals surface area contributed by atoms with E-state index in [1.807, 2.05) is 12.1 Å². The first-order chi connectivity index (χ1) is 9.20. The minimum Gasteiger partial charge on any atom is -0.459 e. The molecule has 0 unspecified atom stereocenters. The molecular weight excluding hydrogens is 238 g/mol. The van der Waals surface area contributed by atoms with Crippen LogP contribution >= 0.6 is 0 Å². The van der Waals surface area contributed by atoms with Gasteiger partial charge in [-0.25, -0.2) is 4.79 Å². The van der Waals surface area contributed by atoms with Crippen molar-refractivity contribution in [1.82, 2.24) is 0 Å². The van der Waals surface area contributed by atoms with Crippen molar-refractivity contribution in [3.8, 4) is 6.07 Å². The first kappa shape index (κ1) is 13.6. The molecule has 1 saturated carbocycles. The zero-order valence-corrected chi connectivity index (χ0v) is 11.3. The van der Waals surface area contributed by atoms with Gasteiger partial charge in [-0.3, -0.25) is 0 Å². The molecule has 0 radical (unpaired) electrons. The van der Waals surface area contributed by atoms with Crippen LogP contribution in [-0.2, 0) is 11.2 Å². The van der Waals surface area contributed by atoms with E-state index in [-0.39, 0.29) is 18.5 Å². The molecule has 1 fully saturated rings.